The van der Waals surface area contributed by atoms with Crippen LogP contribution in [-0.4, -0.2) is 53.6 Å². The lowest BCUT2D eigenvalue weighted by Crippen LogP contribution is -2.28. The van der Waals surface area contributed by atoms with Crippen LogP contribution in [0, 0.1) is 0 Å². The largest absolute Gasteiger partial charge is 0.383 e. The molecular formula is C21H25N7O3. The molecule has 0 radical (unpaired) electrons. The molecular weight excluding hydrogens is 398 g/mol. The molecule has 31 heavy (non-hydrogen) atoms. The fourth-order valence-corrected chi connectivity index (χ4v) is 3.47. The summed E-state index contributed by atoms with van der Waals surface area (Å²) in [5, 5.41) is 11.7. The topological polar surface area (TPSA) is 117 Å². The molecule has 1 aliphatic rings. The minimum absolute atomic E-state index is 0.101. The number of amides is 2. The summed E-state index contributed by atoms with van der Waals surface area (Å²) in [6, 6.07) is 7.05. The number of aromatic amines is 1. The van der Waals surface area contributed by atoms with Crippen molar-refractivity contribution >= 4 is 34.9 Å². The molecule has 3 aromatic rings. The molecule has 0 saturated carbocycles. The molecule has 4 rings (SSSR count). The number of anilines is 2. The van der Waals surface area contributed by atoms with Gasteiger partial charge in [-0.05, 0) is 36.2 Å². The van der Waals surface area contributed by atoms with Gasteiger partial charge in [-0.15, -0.1) is 0 Å². The zero-order valence-corrected chi connectivity index (χ0v) is 17.5. The number of H-pyrrole nitrogens is 1. The van der Waals surface area contributed by atoms with Crippen LogP contribution in [0.15, 0.2) is 40.4 Å². The van der Waals surface area contributed by atoms with Gasteiger partial charge in [0.2, 0.25) is 5.95 Å². The Balaban J connectivity index is 1.75. The van der Waals surface area contributed by atoms with Gasteiger partial charge in [0.05, 0.1) is 23.3 Å². The Kier molecular flexibility index (Phi) is 5.99. The second-order valence-corrected chi connectivity index (χ2v) is 7.11. The first-order valence-corrected chi connectivity index (χ1v) is 10.2. The van der Waals surface area contributed by atoms with Crippen LogP contribution < -0.4 is 21.2 Å². The molecule has 1 aliphatic heterocycles. The number of rotatable bonds is 7. The van der Waals surface area contributed by atoms with Crippen LogP contribution >= 0.6 is 0 Å². The summed E-state index contributed by atoms with van der Waals surface area (Å²) in [6.07, 6.45) is 4.47. The highest BCUT2D eigenvalue weighted by Crippen LogP contribution is 2.33. The van der Waals surface area contributed by atoms with Crippen LogP contribution in [0.3, 0.4) is 0 Å². The summed E-state index contributed by atoms with van der Waals surface area (Å²) in [5.41, 5.74) is 3.80. The smallest absolute Gasteiger partial charge is 0.321 e. The zero-order chi connectivity index (χ0) is 21.8. The third kappa shape index (κ3) is 4.43. The van der Waals surface area contributed by atoms with Crippen molar-refractivity contribution in [3.05, 3.63) is 40.8 Å². The Labute approximate surface area is 178 Å². The van der Waals surface area contributed by atoms with Gasteiger partial charge in [-0.25, -0.2) is 9.78 Å². The lowest BCUT2D eigenvalue weighted by atomic mass is 10.0. The average Bonchev–Trinajstić information content (AvgIpc) is 3.42. The number of imidazole rings is 1. The number of benzene rings is 1. The van der Waals surface area contributed by atoms with Gasteiger partial charge >= 0.3 is 6.03 Å². The van der Waals surface area contributed by atoms with Crippen molar-refractivity contribution in [2.24, 2.45) is 5.10 Å². The summed E-state index contributed by atoms with van der Waals surface area (Å²) in [6.45, 7) is 4.07. The summed E-state index contributed by atoms with van der Waals surface area (Å²) >= 11 is 0. The van der Waals surface area contributed by atoms with Crippen molar-refractivity contribution < 1.29 is 9.53 Å². The van der Waals surface area contributed by atoms with Gasteiger partial charge in [0, 0.05) is 51.6 Å². The molecule has 0 bridgehead atoms. The van der Waals surface area contributed by atoms with Crippen molar-refractivity contribution in [1.29, 1.82) is 0 Å². The number of methoxy groups -OCH3 is 1. The van der Waals surface area contributed by atoms with Gasteiger partial charge in [0.25, 0.3) is 5.56 Å². The van der Waals surface area contributed by atoms with Crippen LogP contribution in [-0.2, 0) is 11.3 Å². The maximum Gasteiger partial charge on any atom is 0.321 e. The number of hydrazone groups is 1. The second kappa shape index (κ2) is 9.00. The first-order valence-electron chi connectivity index (χ1n) is 10.2. The van der Waals surface area contributed by atoms with Crippen molar-refractivity contribution in [2.75, 3.05) is 37.1 Å². The maximum atomic E-state index is 12.5. The van der Waals surface area contributed by atoms with Crippen molar-refractivity contribution in [2.45, 2.75) is 19.9 Å². The van der Waals surface area contributed by atoms with E-state index in [9.17, 15) is 9.59 Å². The number of ether oxygens (including phenoxy) is 1. The first-order chi connectivity index (χ1) is 15.1. The van der Waals surface area contributed by atoms with Gasteiger partial charge in [-0.2, -0.15) is 5.10 Å². The maximum absolute atomic E-state index is 12.5. The molecule has 1 aromatic carbocycles. The predicted octanol–water partition coefficient (Wildman–Crippen LogP) is 2.38. The van der Waals surface area contributed by atoms with Crippen LogP contribution in [0.25, 0.3) is 22.2 Å². The van der Waals surface area contributed by atoms with Gasteiger partial charge in [-0.3, -0.25) is 15.1 Å². The predicted molar refractivity (Wildman–Crippen MR) is 121 cm³/mol. The van der Waals surface area contributed by atoms with Gasteiger partial charge in [-0.1, -0.05) is 0 Å². The van der Waals surface area contributed by atoms with Crippen LogP contribution in [0.5, 0.6) is 0 Å². The standard InChI is InChI=1S/C21H25N7O3/c1-3-22-21(30)26-20-24-16-11-15(12-17(19(16)25-20)28-7-4-6-23-28)14-5-8-27(9-10-31-2)18(29)13-14/h5-6,8,11-13H,3-4,7,9-10H2,1-2H3,(H3,22,24,25,26,30). The van der Waals surface area contributed by atoms with Crippen molar-refractivity contribution in [3.63, 3.8) is 0 Å². The van der Waals surface area contributed by atoms with Crippen molar-refractivity contribution in [3.8, 4) is 11.1 Å². The first kappa shape index (κ1) is 20.6. The molecule has 0 unspecified atom stereocenters. The normalized spacial score (nSPS) is 13.2. The highest BCUT2D eigenvalue weighted by molar-refractivity contribution is 5.97. The second-order valence-electron chi connectivity index (χ2n) is 7.11. The monoisotopic (exact) mass is 423 g/mol. The number of aromatic nitrogens is 3. The number of hydrogen-bond acceptors (Lipinski definition) is 6. The number of carbonyl (C=O) groups is 1. The Morgan fingerprint density at radius 3 is 2.87 bits per heavy atom. The fourth-order valence-electron chi connectivity index (χ4n) is 3.47. The molecule has 2 amide bonds. The number of carbonyl (C=O) groups excluding carboxylic acids is 1. The third-order valence-electron chi connectivity index (χ3n) is 4.98. The summed E-state index contributed by atoms with van der Waals surface area (Å²) < 4.78 is 6.67. The summed E-state index contributed by atoms with van der Waals surface area (Å²) in [7, 11) is 1.61. The number of urea groups is 1. The minimum Gasteiger partial charge on any atom is -0.383 e. The van der Waals surface area contributed by atoms with Gasteiger partial charge in [0.15, 0.2) is 0 Å². The Bertz CT molecular complexity index is 1180. The molecule has 10 nitrogen and oxygen atoms in total. The van der Waals surface area contributed by atoms with E-state index in [1.807, 2.05) is 36.3 Å². The number of pyridine rings is 1. The molecule has 0 spiro atoms. The number of nitrogens with zero attached hydrogens (tertiary/aromatic N) is 4. The number of nitrogens with one attached hydrogen (secondary N) is 3. The molecule has 2 aromatic heterocycles. The van der Waals surface area contributed by atoms with Crippen LogP contribution in [0.4, 0.5) is 16.4 Å². The molecule has 162 valence electrons. The fraction of sp³-hybridized carbons (Fsp3) is 0.333. The third-order valence-corrected chi connectivity index (χ3v) is 4.98. The lowest BCUT2D eigenvalue weighted by molar-refractivity contribution is 0.186. The van der Waals surface area contributed by atoms with E-state index in [1.165, 1.54) is 0 Å². The number of hydrogen-bond donors (Lipinski definition) is 3. The minimum atomic E-state index is -0.331. The van der Waals surface area contributed by atoms with E-state index in [-0.39, 0.29) is 11.6 Å². The van der Waals surface area contributed by atoms with Crippen molar-refractivity contribution in [1.82, 2.24) is 19.9 Å². The van der Waals surface area contributed by atoms with Gasteiger partial charge < -0.3 is 19.6 Å². The van der Waals surface area contributed by atoms with Crippen LogP contribution in [0.2, 0.25) is 0 Å². The summed E-state index contributed by atoms with van der Waals surface area (Å²) in [4.78, 5) is 32.1. The van der Waals surface area contributed by atoms with Crippen LogP contribution in [0.1, 0.15) is 13.3 Å². The lowest BCUT2D eigenvalue weighted by Gasteiger charge is -2.16. The Morgan fingerprint density at radius 1 is 1.29 bits per heavy atom. The highest BCUT2D eigenvalue weighted by Gasteiger charge is 2.18. The van der Waals surface area contributed by atoms with E-state index in [2.05, 4.69) is 25.7 Å². The number of fused-ring (bicyclic) bond motifs is 1. The molecule has 0 fully saturated rings. The molecule has 0 atom stereocenters. The van der Waals surface area contributed by atoms with E-state index >= 15 is 0 Å². The molecule has 0 saturated heterocycles. The SMILES string of the molecule is CCNC(=O)Nc1nc2cc(-c3ccn(CCOC)c(=O)c3)cc(N3CCC=N3)c2[nH]1. The van der Waals surface area contributed by atoms with E-state index in [0.717, 1.165) is 35.3 Å². The average molecular weight is 423 g/mol. The van der Waals surface area contributed by atoms with E-state index in [4.69, 9.17) is 4.74 Å². The highest BCUT2D eigenvalue weighted by atomic mass is 16.5. The molecule has 3 heterocycles. The molecule has 3 N–H and O–H groups in total. The Hall–Kier alpha value is -3.66. The zero-order valence-electron chi connectivity index (χ0n) is 17.5. The van der Waals surface area contributed by atoms with E-state index < -0.39 is 0 Å². The van der Waals surface area contributed by atoms with E-state index in [0.29, 0.717) is 31.2 Å². The van der Waals surface area contributed by atoms with Gasteiger partial charge in [0.1, 0.15) is 0 Å². The molecule has 0 aliphatic carbocycles. The molecule has 10 heteroatoms. The van der Waals surface area contributed by atoms with E-state index in [1.54, 1.807) is 23.9 Å². The Morgan fingerprint density at radius 2 is 2.16 bits per heavy atom. The summed E-state index contributed by atoms with van der Waals surface area (Å²) in [5.74, 6) is 0.345. The quantitative estimate of drug-likeness (QED) is 0.539.